The molecule has 1 N–H and O–H groups in total. The second-order valence-corrected chi connectivity index (χ2v) is 4.76. The molecule has 0 radical (unpaired) electrons. The lowest BCUT2D eigenvalue weighted by Crippen LogP contribution is -2.02. The van der Waals surface area contributed by atoms with Gasteiger partial charge in [0.05, 0.1) is 4.92 Å². The summed E-state index contributed by atoms with van der Waals surface area (Å²) in [5, 5.41) is 14.4. The monoisotopic (exact) mass is 322 g/mol. The average molecular weight is 323 g/mol. The van der Waals surface area contributed by atoms with Crippen LogP contribution in [0.3, 0.4) is 0 Å². The zero-order valence-corrected chi connectivity index (χ0v) is 12.7. The van der Waals surface area contributed by atoms with Crippen LogP contribution in [-0.4, -0.2) is 18.3 Å². The molecule has 7 heteroatoms. The molecule has 0 amide bonds. The number of nitrogens with one attached hydrogen (secondary N) is 1. The first-order chi connectivity index (χ1) is 10.6. The highest BCUT2D eigenvalue weighted by Crippen LogP contribution is 2.30. The summed E-state index contributed by atoms with van der Waals surface area (Å²) in [6.45, 7) is 2.65. The molecule has 0 unspecified atom stereocenters. The Morgan fingerprint density at radius 2 is 1.95 bits per heavy atom. The number of ether oxygens (including phenoxy) is 2. The van der Waals surface area contributed by atoms with E-state index in [0.717, 1.165) is 0 Å². The zero-order chi connectivity index (χ0) is 15.9. The fourth-order valence-corrected chi connectivity index (χ4v) is 1.92. The number of hydrogen-bond donors (Lipinski definition) is 1. The van der Waals surface area contributed by atoms with Gasteiger partial charge in [0.15, 0.2) is 6.79 Å². The molecule has 0 spiro atoms. The molecule has 2 rings (SSSR count). The lowest BCUT2D eigenvalue weighted by atomic mass is 10.2. The summed E-state index contributed by atoms with van der Waals surface area (Å²) in [7, 11) is 0. The smallest absolute Gasteiger partial charge is 0.292 e. The lowest BCUT2D eigenvalue weighted by Gasteiger charge is -2.09. The van der Waals surface area contributed by atoms with Gasteiger partial charge in [-0.1, -0.05) is 11.6 Å². The Morgan fingerprint density at radius 1 is 1.23 bits per heavy atom. The third-order valence-corrected chi connectivity index (χ3v) is 3.04. The largest absolute Gasteiger partial charge is 0.468 e. The molecule has 0 heterocycles. The van der Waals surface area contributed by atoms with Gasteiger partial charge in [-0.15, -0.1) is 0 Å². The molecular formula is C15H15ClN2O4. The summed E-state index contributed by atoms with van der Waals surface area (Å²) in [5.74, 6) is 0.652. The fraction of sp³-hybridized carbons (Fsp3) is 0.200. The summed E-state index contributed by atoms with van der Waals surface area (Å²) >= 11 is 5.89. The van der Waals surface area contributed by atoms with Crippen LogP contribution in [-0.2, 0) is 4.74 Å². The average Bonchev–Trinajstić information content (AvgIpc) is 2.49. The van der Waals surface area contributed by atoms with Crippen molar-refractivity contribution in [3.8, 4) is 5.75 Å². The van der Waals surface area contributed by atoms with Gasteiger partial charge in [-0.25, -0.2) is 0 Å². The Hall–Kier alpha value is -2.31. The Labute approximate surface area is 132 Å². The highest BCUT2D eigenvalue weighted by Gasteiger charge is 2.14. The van der Waals surface area contributed by atoms with E-state index >= 15 is 0 Å². The second kappa shape index (κ2) is 7.63. The van der Waals surface area contributed by atoms with E-state index in [0.29, 0.717) is 28.8 Å². The van der Waals surface area contributed by atoms with Crippen molar-refractivity contribution in [3.05, 3.63) is 57.6 Å². The number of anilines is 2. The van der Waals surface area contributed by atoms with E-state index in [1.165, 1.54) is 18.2 Å². The van der Waals surface area contributed by atoms with Crippen molar-refractivity contribution in [2.45, 2.75) is 6.92 Å². The molecule has 6 nitrogen and oxygen atoms in total. The van der Waals surface area contributed by atoms with E-state index < -0.39 is 4.92 Å². The van der Waals surface area contributed by atoms with Gasteiger partial charge >= 0.3 is 0 Å². The molecule has 116 valence electrons. The summed E-state index contributed by atoms with van der Waals surface area (Å²) in [6, 6.07) is 11.4. The van der Waals surface area contributed by atoms with Gasteiger partial charge in [0, 0.05) is 23.4 Å². The van der Waals surface area contributed by atoms with Crippen LogP contribution >= 0.6 is 11.6 Å². The Bertz CT molecular complexity index is 646. The quantitative estimate of drug-likeness (QED) is 0.355. The number of benzene rings is 2. The van der Waals surface area contributed by atoms with Crippen molar-refractivity contribution in [2.75, 3.05) is 18.7 Å². The Kier molecular flexibility index (Phi) is 5.57. The summed E-state index contributed by atoms with van der Waals surface area (Å²) in [5.41, 5.74) is 0.982. The number of nitro groups is 1. The standard InChI is InChI=1S/C15H15ClN2O4/c1-2-21-10-22-13-6-4-12(5-7-13)17-14-9-11(16)3-8-15(14)18(19)20/h3-9,17H,2,10H2,1H3. The summed E-state index contributed by atoms with van der Waals surface area (Å²) < 4.78 is 10.4. The third kappa shape index (κ3) is 4.34. The highest BCUT2D eigenvalue weighted by molar-refractivity contribution is 6.31. The maximum Gasteiger partial charge on any atom is 0.292 e. The molecule has 22 heavy (non-hydrogen) atoms. The minimum Gasteiger partial charge on any atom is -0.468 e. The van der Waals surface area contributed by atoms with Crippen LogP contribution in [0, 0.1) is 10.1 Å². The van der Waals surface area contributed by atoms with E-state index in [1.54, 1.807) is 24.3 Å². The molecule has 2 aromatic carbocycles. The van der Waals surface area contributed by atoms with Crippen molar-refractivity contribution in [1.82, 2.24) is 0 Å². The third-order valence-electron chi connectivity index (χ3n) is 2.80. The van der Waals surface area contributed by atoms with Crippen molar-refractivity contribution in [2.24, 2.45) is 0 Å². The number of rotatable bonds is 7. The van der Waals surface area contributed by atoms with Crippen LogP contribution in [0.25, 0.3) is 0 Å². The molecule has 0 saturated carbocycles. The van der Waals surface area contributed by atoms with Gasteiger partial charge in [0.2, 0.25) is 0 Å². The molecule has 2 aromatic rings. The van der Waals surface area contributed by atoms with Crippen LogP contribution in [0.4, 0.5) is 17.1 Å². The number of nitrogens with zero attached hydrogens (tertiary/aromatic N) is 1. The number of hydrogen-bond acceptors (Lipinski definition) is 5. The van der Waals surface area contributed by atoms with Crippen LogP contribution in [0.2, 0.25) is 5.02 Å². The maximum absolute atomic E-state index is 11.0. The predicted octanol–water partition coefficient (Wildman–Crippen LogP) is 4.36. The number of nitro benzene ring substituents is 1. The number of halogens is 1. The minimum atomic E-state index is -0.460. The van der Waals surface area contributed by atoms with Gasteiger partial charge in [-0.3, -0.25) is 10.1 Å². The van der Waals surface area contributed by atoms with Crippen molar-refractivity contribution in [1.29, 1.82) is 0 Å². The zero-order valence-electron chi connectivity index (χ0n) is 11.9. The van der Waals surface area contributed by atoms with Gasteiger partial charge < -0.3 is 14.8 Å². The predicted molar refractivity (Wildman–Crippen MR) is 85.0 cm³/mol. The maximum atomic E-state index is 11.0. The van der Waals surface area contributed by atoms with E-state index in [9.17, 15) is 10.1 Å². The molecule has 0 aliphatic heterocycles. The fourth-order valence-electron chi connectivity index (χ4n) is 1.75. The molecule has 0 aromatic heterocycles. The molecule has 0 atom stereocenters. The summed E-state index contributed by atoms with van der Waals surface area (Å²) in [4.78, 5) is 10.6. The first-order valence-electron chi connectivity index (χ1n) is 6.61. The molecule has 0 aliphatic rings. The van der Waals surface area contributed by atoms with Crippen molar-refractivity contribution < 1.29 is 14.4 Å². The van der Waals surface area contributed by atoms with Crippen LogP contribution in [0.15, 0.2) is 42.5 Å². The van der Waals surface area contributed by atoms with E-state index in [-0.39, 0.29) is 12.5 Å². The van der Waals surface area contributed by atoms with Crippen molar-refractivity contribution >= 4 is 28.7 Å². The molecular weight excluding hydrogens is 308 g/mol. The van der Waals surface area contributed by atoms with Gasteiger partial charge in [-0.05, 0) is 43.3 Å². The second-order valence-electron chi connectivity index (χ2n) is 4.32. The van der Waals surface area contributed by atoms with Gasteiger partial charge in [-0.2, -0.15) is 0 Å². The molecule has 0 saturated heterocycles. The molecule has 0 bridgehead atoms. The lowest BCUT2D eigenvalue weighted by molar-refractivity contribution is -0.383. The van der Waals surface area contributed by atoms with Crippen LogP contribution < -0.4 is 10.1 Å². The van der Waals surface area contributed by atoms with Crippen molar-refractivity contribution in [3.63, 3.8) is 0 Å². The summed E-state index contributed by atoms with van der Waals surface area (Å²) in [6.07, 6.45) is 0. The first-order valence-corrected chi connectivity index (χ1v) is 6.99. The Balaban J connectivity index is 2.11. The van der Waals surface area contributed by atoms with E-state index in [4.69, 9.17) is 21.1 Å². The van der Waals surface area contributed by atoms with E-state index in [2.05, 4.69) is 5.32 Å². The highest BCUT2D eigenvalue weighted by atomic mass is 35.5. The molecule has 0 aliphatic carbocycles. The van der Waals surface area contributed by atoms with E-state index in [1.807, 2.05) is 6.92 Å². The normalized spacial score (nSPS) is 10.3. The molecule has 0 fully saturated rings. The SMILES string of the molecule is CCOCOc1ccc(Nc2cc(Cl)ccc2[N+](=O)[O-])cc1. The first kappa shape index (κ1) is 16.1. The van der Waals surface area contributed by atoms with Gasteiger partial charge in [0.1, 0.15) is 11.4 Å². The topological polar surface area (TPSA) is 73.6 Å². The van der Waals surface area contributed by atoms with Crippen LogP contribution in [0.1, 0.15) is 6.92 Å². The van der Waals surface area contributed by atoms with Crippen LogP contribution in [0.5, 0.6) is 5.75 Å². The van der Waals surface area contributed by atoms with Gasteiger partial charge in [0.25, 0.3) is 5.69 Å². The minimum absolute atomic E-state index is 0.0407. The Morgan fingerprint density at radius 3 is 2.59 bits per heavy atom.